The normalized spacial score (nSPS) is 13.3. The molecule has 5 heteroatoms. The molecule has 1 fully saturated rings. The van der Waals surface area contributed by atoms with Crippen LogP contribution in [0.4, 0.5) is 17.3 Å². The van der Waals surface area contributed by atoms with Gasteiger partial charge in [-0.1, -0.05) is 18.2 Å². The Kier molecular flexibility index (Phi) is 3.98. The van der Waals surface area contributed by atoms with E-state index < -0.39 is 0 Å². The van der Waals surface area contributed by atoms with Gasteiger partial charge in [0.1, 0.15) is 29.5 Å². The second-order valence-electron chi connectivity index (χ2n) is 5.77. The molecule has 0 unspecified atom stereocenters. The third-order valence-corrected chi connectivity index (χ3v) is 3.70. The number of aromatic nitrogens is 2. The Labute approximate surface area is 140 Å². The van der Waals surface area contributed by atoms with Crippen LogP contribution in [0.5, 0.6) is 11.5 Å². The molecule has 1 saturated carbocycles. The maximum Gasteiger partial charge on any atom is 0.135 e. The van der Waals surface area contributed by atoms with E-state index >= 15 is 0 Å². The number of hydrogen-bond acceptors (Lipinski definition) is 5. The summed E-state index contributed by atoms with van der Waals surface area (Å²) >= 11 is 0. The Morgan fingerprint density at radius 2 is 1.54 bits per heavy atom. The van der Waals surface area contributed by atoms with E-state index in [0.717, 1.165) is 28.8 Å². The Balaban J connectivity index is 1.41. The van der Waals surface area contributed by atoms with Crippen LogP contribution in [0.3, 0.4) is 0 Å². The molecular formula is C19H18N4O. The molecule has 24 heavy (non-hydrogen) atoms. The van der Waals surface area contributed by atoms with E-state index in [1.807, 2.05) is 60.7 Å². The zero-order valence-corrected chi connectivity index (χ0v) is 13.1. The largest absolute Gasteiger partial charge is 0.457 e. The number of nitrogens with one attached hydrogen (secondary N) is 2. The smallest absolute Gasteiger partial charge is 0.135 e. The Morgan fingerprint density at radius 3 is 2.29 bits per heavy atom. The molecule has 0 spiro atoms. The highest BCUT2D eigenvalue weighted by Crippen LogP contribution is 2.26. The molecule has 2 N–H and O–H groups in total. The molecule has 3 aromatic rings. The van der Waals surface area contributed by atoms with Gasteiger partial charge in [-0.25, -0.2) is 9.97 Å². The summed E-state index contributed by atoms with van der Waals surface area (Å²) in [5, 5.41) is 6.65. The fourth-order valence-electron chi connectivity index (χ4n) is 2.32. The average Bonchev–Trinajstić information content (AvgIpc) is 3.42. The van der Waals surface area contributed by atoms with Crippen LogP contribution in [0.1, 0.15) is 12.8 Å². The number of anilines is 3. The van der Waals surface area contributed by atoms with Gasteiger partial charge >= 0.3 is 0 Å². The molecule has 0 atom stereocenters. The van der Waals surface area contributed by atoms with Crippen molar-refractivity contribution in [1.82, 2.24) is 9.97 Å². The Hall–Kier alpha value is -3.08. The lowest BCUT2D eigenvalue weighted by atomic mass is 10.3. The highest BCUT2D eigenvalue weighted by Gasteiger charge is 2.21. The van der Waals surface area contributed by atoms with Crippen molar-refractivity contribution in [1.29, 1.82) is 0 Å². The number of benzene rings is 2. The summed E-state index contributed by atoms with van der Waals surface area (Å²) in [5.41, 5.74) is 0.950. The molecule has 5 nitrogen and oxygen atoms in total. The summed E-state index contributed by atoms with van der Waals surface area (Å²) in [7, 11) is 0. The lowest BCUT2D eigenvalue weighted by Crippen LogP contribution is -2.04. The van der Waals surface area contributed by atoms with Crippen molar-refractivity contribution in [3.8, 4) is 11.5 Å². The minimum Gasteiger partial charge on any atom is -0.457 e. The van der Waals surface area contributed by atoms with Crippen molar-refractivity contribution in [3.05, 3.63) is 67.0 Å². The summed E-state index contributed by atoms with van der Waals surface area (Å²) < 4.78 is 5.79. The van der Waals surface area contributed by atoms with Gasteiger partial charge in [0.05, 0.1) is 0 Å². The molecule has 0 radical (unpaired) electrons. The predicted octanol–water partition coefficient (Wildman–Crippen LogP) is 4.59. The molecule has 0 aliphatic heterocycles. The van der Waals surface area contributed by atoms with Crippen LogP contribution in [0.25, 0.3) is 0 Å². The summed E-state index contributed by atoms with van der Waals surface area (Å²) in [5.74, 6) is 3.25. The fourth-order valence-corrected chi connectivity index (χ4v) is 2.32. The maximum atomic E-state index is 5.79. The monoisotopic (exact) mass is 318 g/mol. The van der Waals surface area contributed by atoms with Crippen LogP contribution in [-0.4, -0.2) is 16.0 Å². The second-order valence-corrected chi connectivity index (χ2v) is 5.77. The van der Waals surface area contributed by atoms with Crippen molar-refractivity contribution in [2.45, 2.75) is 18.9 Å². The Bertz CT molecular complexity index is 801. The molecule has 1 aromatic heterocycles. The third-order valence-electron chi connectivity index (χ3n) is 3.70. The summed E-state index contributed by atoms with van der Waals surface area (Å²) in [6, 6.07) is 20.0. The maximum absolute atomic E-state index is 5.79. The van der Waals surface area contributed by atoms with Gasteiger partial charge in [0.15, 0.2) is 0 Å². The second kappa shape index (κ2) is 6.58. The molecule has 1 aliphatic carbocycles. The van der Waals surface area contributed by atoms with Gasteiger partial charge in [-0.2, -0.15) is 0 Å². The summed E-state index contributed by atoms with van der Waals surface area (Å²) in [4.78, 5) is 8.50. The first-order valence-corrected chi connectivity index (χ1v) is 8.04. The highest BCUT2D eigenvalue weighted by atomic mass is 16.5. The van der Waals surface area contributed by atoms with Crippen molar-refractivity contribution in [2.75, 3.05) is 10.6 Å². The number of rotatable bonds is 6. The number of hydrogen-bond donors (Lipinski definition) is 2. The standard InChI is InChI=1S/C19H18N4O/c1-2-4-16(5-3-1)24-17-10-8-15(9-11-17)23-19-12-18(20-13-21-19)22-14-6-7-14/h1-5,8-14H,6-7H2,(H2,20,21,22,23). The van der Waals surface area contributed by atoms with E-state index in [1.54, 1.807) is 6.33 Å². The Morgan fingerprint density at radius 1 is 0.833 bits per heavy atom. The van der Waals surface area contributed by atoms with Crippen LogP contribution in [0.15, 0.2) is 67.0 Å². The molecule has 0 amide bonds. The molecule has 1 aliphatic rings. The van der Waals surface area contributed by atoms with Crippen molar-refractivity contribution in [3.63, 3.8) is 0 Å². The number of ether oxygens (including phenoxy) is 1. The summed E-state index contributed by atoms with van der Waals surface area (Å²) in [6.07, 6.45) is 4.01. The van der Waals surface area contributed by atoms with Crippen LogP contribution < -0.4 is 15.4 Å². The van der Waals surface area contributed by atoms with Crippen LogP contribution in [0, 0.1) is 0 Å². The molecule has 0 bridgehead atoms. The van der Waals surface area contributed by atoms with Gasteiger partial charge in [-0.05, 0) is 49.2 Å². The minimum absolute atomic E-state index is 0.571. The van der Waals surface area contributed by atoms with Crippen molar-refractivity contribution in [2.24, 2.45) is 0 Å². The fraction of sp³-hybridized carbons (Fsp3) is 0.158. The van der Waals surface area contributed by atoms with Crippen molar-refractivity contribution >= 4 is 17.3 Å². The van der Waals surface area contributed by atoms with E-state index in [1.165, 1.54) is 12.8 Å². The number of para-hydroxylation sites is 1. The van der Waals surface area contributed by atoms with Crippen molar-refractivity contribution < 1.29 is 4.74 Å². The van der Waals surface area contributed by atoms with E-state index in [9.17, 15) is 0 Å². The van der Waals surface area contributed by atoms with E-state index in [4.69, 9.17) is 4.74 Å². The molecule has 4 rings (SSSR count). The van der Waals surface area contributed by atoms with Gasteiger partial charge in [0.2, 0.25) is 0 Å². The first kappa shape index (κ1) is 14.5. The first-order chi connectivity index (χ1) is 11.8. The molecular weight excluding hydrogens is 300 g/mol. The van der Waals surface area contributed by atoms with Crippen LogP contribution in [-0.2, 0) is 0 Å². The van der Waals surface area contributed by atoms with Gasteiger partial charge in [-0.3, -0.25) is 0 Å². The van der Waals surface area contributed by atoms with Gasteiger partial charge in [0, 0.05) is 17.8 Å². The minimum atomic E-state index is 0.571. The molecule has 120 valence electrons. The quantitative estimate of drug-likeness (QED) is 0.696. The van der Waals surface area contributed by atoms with Gasteiger partial charge in [0.25, 0.3) is 0 Å². The SMILES string of the molecule is c1ccc(Oc2ccc(Nc3cc(NC4CC4)ncn3)cc2)cc1. The first-order valence-electron chi connectivity index (χ1n) is 8.04. The number of nitrogens with zero attached hydrogens (tertiary/aromatic N) is 2. The lowest BCUT2D eigenvalue weighted by Gasteiger charge is -2.09. The lowest BCUT2D eigenvalue weighted by molar-refractivity contribution is 0.483. The average molecular weight is 318 g/mol. The molecule has 1 heterocycles. The highest BCUT2D eigenvalue weighted by molar-refractivity contribution is 5.60. The zero-order valence-electron chi connectivity index (χ0n) is 13.1. The zero-order chi connectivity index (χ0) is 16.2. The van der Waals surface area contributed by atoms with Gasteiger partial charge < -0.3 is 15.4 Å². The van der Waals surface area contributed by atoms with Crippen LogP contribution >= 0.6 is 0 Å². The van der Waals surface area contributed by atoms with Crippen LogP contribution in [0.2, 0.25) is 0 Å². The van der Waals surface area contributed by atoms with E-state index in [-0.39, 0.29) is 0 Å². The molecule has 2 aromatic carbocycles. The predicted molar refractivity (Wildman–Crippen MR) is 94.9 cm³/mol. The van der Waals surface area contributed by atoms with E-state index in [2.05, 4.69) is 20.6 Å². The summed E-state index contributed by atoms with van der Waals surface area (Å²) in [6.45, 7) is 0. The third kappa shape index (κ3) is 3.81. The molecule has 0 saturated heterocycles. The topological polar surface area (TPSA) is 59.1 Å². The van der Waals surface area contributed by atoms with Gasteiger partial charge in [-0.15, -0.1) is 0 Å². The van der Waals surface area contributed by atoms with E-state index in [0.29, 0.717) is 6.04 Å².